The highest BCUT2D eigenvalue weighted by Crippen LogP contribution is 2.31. The number of nitrogens with zero attached hydrogens (tertiary/aromatic N) is 4. The van der Waals surface area contributed by atoms with Gasteiger partial charge in [-0.3, -0.25) is 14.4 Å². The van der Waals surface area contributed by atoms with Gasteiger partial charge >= 0.3 is 0 Å². The van der Waals surface area contributed by atoms with Crippen LogP contribution in [0.15, 0.2) is 23.8 Å². The average Bonchev–Trinajstić information content (AvgIpc) is 3.11. The highest BCUT2D eigenvalue weighted by Gasteiger charge is 2.27. The molecule has 6 nitrogen and oxygen atoms in total. The van der Waals surface area contributed by atoms with Crippen LogP contribution in [0.25, 0.3) is 0 Å². The molecule has 1 fully saturated rings. The van der Waals surface area contributed by atoms with Crippen LogP contribution in [0.3, 0.4) is 0 Å². The summed E-state index contributed by atoms with van der Waals surface area (Å²) in [6, 6.07) is 2.07. The molecule has 1 aliphatic heterocycles. The Hall–Kier alpha value is -1.73. The summed E-state index contributed by atoms with van der Waals surface area (Å²) in [5.41, 5.74) is 0. The van der Waals surface area contributed by atoms with Crippen molar-refractivity contribution >= 4 is 23.1 Å². The molecule has 1 N–H and O–H groups in total. The van der Waals surface area contributed by atoms with Crippen molar-refractivity contribution in [2.24, 2.45) is 7.05 Å². The number of hydrogen-bond donors (Lipinski definition) is 1. The Morgan fingerprint density at radius 2 is 2.43 bits per heavy atom. The first kappa shape index (κ1) is 14.2. The third kappa shape index (κ3) is 3.48. The van der Waals surface area contributed by atoms with E-state index in [0.29, 0.717) is 12.4 Å². The highest BCUT2D eigenvalue weighted by molar-refractivity contribution is 7.09. The van der Waals surface area contributed by atoms with Gasteiger partial charge in [-0.15, -0.1) is 11.3 Å². The minimum absolute atomic E-state index is 0.0165. The number of aryl methyl sites for hydroxylation is 1. The van der Waals surface area contributed by atoms with Crippen molar-refractivity contribution in [3.05, 3.63) is 28.8 Å². The van der Waals surface area contributed by atoms with Gasteiger partial charge in [0.25, 0.3) is 0 Å². The predicted molar refractivity (Wildman–Crippen MR) is 82.1 cm³/mol. The molecule has 1 amide bonds. The molecule has 2 aromatic rings. The van der Waals surface area contributed by atoms with Gasteiger partial charge in [0.05, 0.1) is 12.6 Å². The van der Waals surface area contributed by atoms with Crippen LogP contribution in [-0.2, 0) is 11.8 Å². The third-order valence-electron chi connectivity index (χ3n) is 3.68. The van der Waals surface area contributed by atoms with E-state index in [1.807, 2.05) is 24.8 Å². The van der Waals surface area contributed by atoms with Crippen molar-refractivity contribution < 1.29 is 4.79 Å². The van der Waals surface area contributed by atoms with E-state index >= 15 is 0 Å². The highest BCUT2D eigenvalue weighted by atomic mass is 32.1. The van der Waals surface area contributed by atoms with Crippen LogP contribution < -0.4 is 5.32 Å². The summed E-state index contributed by atoms with van der Waals surface area (Å²) in [4.78, 5) is 18.8. The number of hydrogen-bond acceptors (Lipinski definition) is 5. The fourth-order valence-corrected chi connectivity index (χ4v) is 3.51. The smallest absolute Gasteiger partial charge is 0.239 e. The monoisotopic (exact) mass is 305 g/mol. The molecule has 0 bridgehead atoms. The lowest BCUT2D eigenvalue weighted by Crippen LogP contribution is -2.39. The Labute approximate surface area is 127 Å². The number of carbonyl (C=O) groups is 1. The van der Waals surface area contributed by atoms with E-state index in [2.05, 4.69) is 20.3 Å². The second kappa shape index (κ2) is 6.36. The Kier molecular flexibility index (Phi) is 4.31. The van der Waals surface area contributed by atoms with Crippen molar-refractivity contribution in [3.63, 3.8) is 0 Å². The molecule has 21 heavy (non-hydrogen) atoms. The number of thiazole rings is 1. The summed E-state index contributed by atoms with van der Waals surface area (Å²) in [6.07, 6.45) is 7.06. The average molecular weight is 305 g/mol. The number of rotatable bonds is 4. The summed E-state index contributed by atoms with van der Waals surface area (Å²) in [5.74, 6) is 0.586. The van der Waals surface area contributed by atoms with Crippen LogP contribution in [0.1, 0.15) is 30.3 Å². The number of aromatic nitrogens is 3. The first-order valence-electron chi connectivity index (χ1n) is 7.15. The van der Waals surface area contributed by atoms with Crippen molar-refractivity contribution in [1.82, 2.24) is 19.7 Å². The Morgan fingerprint density at radius 3 is 3.14 bits per heavy atom. The molecule has 0 saturated carbocycles. The van der Waals surface area contributed by atoms with Crippen LogP contribution in [0.2, 0.25) is 0 Å². The lowest BCUT2D eigenvalue weighted by molar-refractivity contribution is -0.118. The fraction of sp³-hybridized carbons (Fsp3) is 0.500. The van der Waals surface area contributed by atoms with E-state index in [4.69, 9.17) is 0 Å². The van der Waals surface area contributed by atoms with Gasteiger partial charge in [0, 0.05) is 30.9 Å². The molecule has 1 atom stereocenters. The number of amides is 1. The standard InChI is InChI=1S/C14H19N5OS/c1-18-8-5-12(17-18)16-13(20)10-19-7-3-2-4-11(19)14-15-6-9-21-14/h5-6,8-9,11H,2-4,7,10H2,1H3,(H,16,17,20)/t11-/m0/s1. The summed E-state index contributed by atoms with van der Waals surface area (Å²) >= 11 is 1.67. The second-order valence-corrected chi connectivity index (χ2v) is 6.20. The number of anilines is 1. The minimum Gasteiger partial charge on any atom is -0.308 e. The van der Waals surface area contributed by atoms with Crippen LogP contribution in [0.4, 0.5) is 5.82 Å². The van der Waals surface area contributed by atoms with E-state index in [1.165, 1.54) is 6.42 Å². The van der Waals surface area contributed by atoms with E-state index < -0.39 is 0 Å². The van der Waals surface area contributed by atoms with Crippen molar-refractivity contribution in [2.75, 3.05) is 18.4 Å². The zero-order chi connectivity index (χ0) is 14.7. The van der Waals surface area contributed by atoms with Gasteiger partial charge in [0.2, 0.25) is 5.91 Å². The van der Waals surface area contributed by atoms with Crippen molar-refractivity contribution in [2.45, 2.75) is 25.3 Å². The SMILES string of the molecule is Cn1ccc(NC(=O)CN2CCCC[C@H]2c2nccs2)n1. The van der Waals surface area contributed by atoms with Crippen LogP contribution in [0, 0.1) is 0 Å². The number of piperidine rings is 1. The molecule has 0 aromatic carbocycles. The Morgan fingerprint density at radius 1 is 1.52 bits per heavy atom. The van der Waals surface area contributed by atoms with Gasteiger partial charge in [-0.05, 0) is 19.4 Å². The first-order chi connectivity index (χ1) is 10.2. The Bertz CT molecular complexity index is 594. The molecule has 3 rings (SSSR count). The zero-order valence-corrected chi connectivity index (χ0v) is 12.8. The molecule has 0 unspecified atom stereocenters. The van der Waals surface area contributed by atoms with Crippen LogP contribution in [-0.4, -0.2) is 38.7 Å². The lowest BCUT2D eigenvalue weighted by Gasteiger charge is -2.33. The van der Waals surface area contributed by atoms with Gasteiger partial charge in [-0.25, -0.2) is 4.98 Å². The normalized spacial score (nSPS) is 19.6. The van der Waals surface area contributed by atoms with Gasteiger partial charge in [0.1, 0.15) is 5.01 Å². The summed E-state index contributed by atoms with van der Waals surface area (Å²) in [7, 11) is 1.83. The van der Waals surface area contributed by atoms with E-state index in [9.17, 15) is 4.79 Å². The molecule has 1 saturated heterocycles. The summed E-state index contributed by atoms with van der Waals surface area (Å²) < 4.78 is 1.68. The molecule has 7 heteroatoms. The summed E-state index contributed by atoms with van der Waals surface area (Å²) in [5, 5.41) is 10.1. The van der Waals surface area contributed by atoms with Gasteiger partial charge < -0.3 is 5.32 Å². The van der Waals surface area contributed by atoms with Gasteiger partial charge in [-0.2, -0.15) is 5.10 Å². The zero-order valence-electron chi connectivity index (χ0n) is 12.0. The molecule has 3 heterocycles. The summed E-state index contributed by atoms with van der Waals surface area (Å²) in [6.45, 7) is 1.33. The maximum atomic E-state index is 12.2. The maximum absolute atomic E-state index is 12.2. The van der Waals surface area contributed by atoms with Crippen molar-refractivity contribution in [1.29, 1.82) is 0 Å². The minimum atomic E-state index is -0.0165. The molecule has 0 radical (unpaired) electrons. The second-order valence-electron chi connectivity index (χ2n) is 5.28. The van der Waals surface area contributed by atoms with Gasteiger partial charge in [-0.1, -0.05) is 6.42 Å². The maximum Gasteiger partial charge on any atom is 0.239 e. The topological polar surface area (TPSA) is 63.1 Å². The predicted octanol–water partition coefficient (Wildman–Crippen LogP) is 2.04. The lowest BCUT2D eigenvalue weighted by atomic mass is 10.0. The quantitative estimate of drug-likeness (QED) is 0.939. The van der Waals surface area contributed by atoms with Crippen LogP contribution in [0.5, 0.6) is 0 Å². The molecular formula is C14H19N5OS. The first-order valence-corrected chi connectivity index (χ1v) is 8.03. The molecule has 2 aromatic heterocycles. The van der Waals surface area contributed by atoms with Crippen molar-refractivity contribution in [3.8, 4) is 0 Å². The number of likely N-dealkylation sites (tertiary alicyclic amines) is 1. The molecule has 0 spiro atoms. The van der Waals surface area contributed by atoms with Crippen LogP contribution >= 0.6 is 11.3 Å². The fourth-order valence-electron chi connectivity index (χ4n) is 2.71. The van der Waals surface area contributed by atoms with E-state index in [1.54, 1.807) is 22.1 Å². The van der Waals surface area contributed by atoms with E-state index in [-0.39, 0.29) is 11.9 Å². The Balaban J connectivity index is 1.63. The molecule has 0 aliphatic carbocycles. The largest absolute Gasteiger partial charge is 0.308 e. The third-order valence-corrected chi connectivity index (χ3v) is 4.55. The number of nitrogens with one attached hydrogen (secondary N) is 1. The molecule has 112 valence electrons. The van der Waals surface area contributed by atoms with E-state index in [0.717, 1.165) is 24.4 Å². The molecule has 1 aliphatic rings. The number of carbonyl (C=O) groups excluding carboxylic acids is 1. The molecular weight excluding hydrogens is 286 g/mol. The van der Waals surface area contributed by atoms with Gasteiger partial charge in [0.15, 0.2) is 5.82 Å².